The van der Waals surface area contributed by atoms with Gasteiger partial charge in [0.15, 0.2) is 12.6 Å². The molecule has 14 heteroatoms. The molecule has 0 spiro atoms. The van der Waals surface area contributed by atoms with Gasteiger partial charge < -0.3 is 65.1 Å². The maximum Gasteiger partial charge on any atom is 0.220 e. The lowest BCUT2D eigenvalue weighted by atomic mass is 9.62. The second kappa shape index (κ2) is 19.2. The van der Waals surface area contributed by atoms with Crippen molar-refractivity contribution < 1.29 is 64.6 Å². The summed E-state index contributed by atoms with van der Waals surface area (Å²) in [6, 6.07) is -0.895. The second-order valence-electron chi connectivity index (χ2n) is 13.4. The number of aliphatic hydroxyl groups excluding tert-OH is 8. The number of unbranched alkanes of at least 4 members (excludes halogenated alkanes) is 2. The molecule has 3 rings (SSSR count). The van der Waals surface area contributed by atoms with Gasteiger partial charge >= 0.3 is 0 Å². The van der Waals surface area contributed by atoms with Crippen LogP contribution in [0.1, 0.15) is 90.9 Å². The first-order chi connectivity index (χ1) is 22.0. The highest BCUT2D eigenvalue weighted by Crippen LogP contribution is 2.48. The van der Waals surface area contributed by atoms with Crippen molar-refractivity contribution in [3.05, 3.63) is 0 Å². The van der Waals surface area contributed by atoms with Crippen LogP contribution < -0.4 is 5.32 Å². The van der Waals surface area contributed by atoms with E-state index in [4.69, 9.17) is 18.9 Å². The molecule has 14 nitrogen and oxygen atoms in total. The van der Waals surface area contributed by atoms with E-state index < -0.39 is 80.7 Å². The Hall–Kier alpha value is -1.01. The molecule has 0 radical (unpaired) electrons. The Morgan fingerprint density at radius 3 is 1.61 bits per heavy atom. The van der Waals surface area contributed by atoms with Gasteiger partial charge in [0.1, 0.15) is 48.8 Å². The fraction of sp³-hybridized carbons (Fsp3) is 0.969. The van der Waals surface area contributed by atoms with E-state index in [9.17, 15) is 45.6 Å². The zero-order valence-electron chi connectivity index (χ0n) is 27.4. The van der Waals surface area contributed by atoms with Crippen LogP contribution in [0.4, 0.5) is 0 Å². The molecule has 9 N–H and O–H groups in total. The molecule has 2 aliphatic heterocycles. The number of hydrogen-bond acceptors (Lipinski definition) is 13. The molecule has 46 heavy (non-hydrogen) atoms. The minimum atomic E-state index is -1.65. The third-order valence-electron chi connectivity index (χ3n) is 10.0. The van der Waals surface area contributed by atoms with E-state index in [2.05, 4.69) is 19.2 Å². The van der Waals surface area contributed by atoms with Crippen LogP contribution in [0, 0.1) is 11.3 Å². The predicted molar refractivity (Wildman–Crippen MR) is 164 cm³/mol. The number of carbonyl (C=O) groups is 1. The van der Waals surface area contributed by atoms with Crippen molar-refractivity contribution in [1.82, 2.24) is 5.32 Å². The smallest absolute Gasteiger partial charge is 0.220 e. The molecule has 3 aliphatic rings. The van der Waals surface area contributed by atoms with E-state index in [1.54, 1.807) is 0 Å². The van der Waals surface area contributed by atoms with Crippen LogP contribution in [-0.2, 0) is 23.7 Å². The average molecular weight is 666 g/mol. The number of carbonyl (C=O) groups excluding carboxylic acids is 1. The van der Waals surface area contributed by atoms with E-state index in [0.29, 0.717) is 12.3 Å². The summed E-state index contributed by atoms with van der Waals surface area (Å²) >= 11 is 0. The van der Waals surface area contributed by atoms with E-state index in [1.165, 1.54) is 6.42 Å². The van der Waals surface area contributed by atoms with Crippen LogP contribution in [0.15, 0.2) is 0 Å². The van der Waals surface area contributed by atoms with E-state index >= 15 is 0 Å². The highest BCUT2D eigenvalue weighted by atomic mass is 16.7. The van der Waals surface area contributed by atoms with Gasteiger partial charge in [-0.25, -0.2) is 0 Å². The summed E-state index contributed by atoms with van der Waals surface area (Å²) in [7, 11) is 0. The fourth-order valence-corrected chi connectivity index (χ4v) is 7.19. The van der Waals surface area contributed by atoms with Crippen molar-refractivity contribution in [1.29, 1.82) is 0 Å². The van der Waals surface area contributed by atoms with Gasteiger partial charge in [0.25, 0.3) is 0 Å². The number of aliphatic hydroxyl groups is 8. The SMILES string of the molecule is CCCCC(CCCC)(CC(=O)NC(CO[C@H]1OC(CO)[C@H](O)[C@@H](O)C1O)CO[C@H]1OC(CO)[C@H](O)C(O)[C@H]1O)C1CCCCC1. The van der Waals surface area contributed by atoms with Gasteiger partial charge in [0.05, 0.1) is 32.5 Å². The Balaban J connectivity index is 1.78. The summed E-state index contributed by atoms with van der Waals surface area (Å²) in [6.45, 7) is 2.43. The predicted octanol–water partition coefficient (Wildman–Crippen LogP) is -0.559. The Labute approximate surface area is 272 Å². The van der Waals surface area contributed by atoms with Gasteiger partial charge in [-0.15, -0.1) is 0 Å². The van der Waals surface area contributed by atoms with Gasteiger partial charge in [-0.1, -0.05) is 58.8 Å². The highest BCUT2D eigenvalue weighted by molar-refractivity contribution is 5.77. The number of rotatable bonds is 18. The standard InChI is InChI=1S/C32H59NO13/c1-3-5-12-32(13-6-4-2,19-10-8-7-9-11-19)14-23(36)33-20(17-43-30-28(41)26(39)24(37)21(15-34)45-30)18-44-31-29(42)27(40)25(38)22(16-35)46-31/h19-22,24-31,34-35,37-42H,3-18H2,1-2H3,(H,33,36)/t20?,21?,22?,24-,25-,26+,27?,28?,29+,30-,31-/m0/s1. The second-order valence-corrected chi connectivity index (χ2v) is 13.4. The van der Waals surface area contributed by atoms with E-state index in [-0.39, 0.29) is 24.5 Å². The van der Waals surface area contributed by atoms with Gasteiger partial charge in [0.2, 0.25) is 5.91 Å². The summed E-state index contributed by atoms with van der Waals surface area (Å²) in [4.78, 5) is 13.9. The summed E-state index contributed by atoms with van der Waals surface area (Å²) in [6.07, 6.45) is -3.09. The summed E-state index contributed by atoms with van der Waals surface area (Å²) < 4.78 is 22.4. The summed E-state index contributed by atoms with van der Waals surface area (Å²) in [5.41, 5.74) is -0.169. The van der Waals surface area contributed by atoms with E-state index in [0.717, 1.165) is 64.2 Å². The van der Waals surface area contributed by atoms with Crippen molar-refractivity contribution in [2.75, 3.05) is 26.4 Å². The lowest BCUT2D eigenvalue weighted by Crippen LogP contribution is -2.60. The van der Waals surface area contributed by atoms with Crippen molar-refractivity contribution in [2.45, 2.75) is 158 Å². The van der Waals surface area contributed by atoms with Crippen molar-refractivity contribution in [3.63, 3.8) is 0 Å². The van der Waals surface area contributed by atoms with Gasteiger partial charge in [0, 0.05) is 6.42 Å². The molecule has 2 saturated heterocycles. The molecule has 2 heterocycles. The van der Waals surface area contributed by atoms with Crippen LogP contribution in [-0.4, -0.2) is 141 Å². The van der Waals surface area contributed by atoms with Crippen LogP contribution >= 0.6 is 0 Å². The first-order valence-electron chi connectivity index (χ1n) is 17.1. The van der Waals surface area contributed by atoms with Gasteiger partial charge in [-0.2, -0.15) is 0 Å². The zero-order valence-corrected chi connectivity index (χ0v) is 27.4. The molecule has 0 aromatic carbocycles. The maximum absolute atomic E-state index is 13.9. The first kappa shape index (κ1) is 39.4. The molecule has 0 aromatic rings. The summed E-state index contributed by atoms with van der Waals surface area (Å²) in [5, 5.41) is 83.7. The minimum Gasteiger partial charge on any atom is -0.394 e. The normalized spacial score (nSPS) is 35.2. The quantitative estimate of drug-likeness (QED) is 0.0896. The molecule has 270 valence electrons. The largest absolute Gasteiger partial charge is 0.394 e. The average Bonchev–Trinajstić information content (AvgIpc) is 3.06. The number of amides is 1. The molecular weight excluding hydrogens is 606 g/mol. The lowest BCUT2D eigenvalue weighted by molar-refractivity contribution is -0.309. The highest BCUT2D eigenvalue weighted by Gasteiger charge is 2.46. The van der Waals surface area contributed by atoms with Crippen molar-refractivity contribution in [2.24, 2.45) is 11.3 Å². The Morgan fingerprint density at radius 2 is 1.20 bits per heavy atom. The maximum atomic E-state index is 13.9. The van der Waals surface area contributed by atoms with Crippen molar-refractivity contribution >= 4 is 5.91 Å². The molecule has 0 aromatic heterocycles. The monoisotopic (exact) mass is 665 g/mol. The molecular formula is C32H59NO13. The van der Waals surface area contributed by atoms with Gasteiger partial charge in [-0.3, -0.25) is 4.79 Å². The number of nitrogens with one attached hydrogen (secondary N) is 1. The third-order valence-corrected chi connectivity index (χ3v) is 10.0. The number of hydrogen-bond donors (Lipinski definition) is 9. The number of ether oxygens (including phenoxy) is 4. The molecule has 1 amide bonds. The topological polar surface area (TPSA) is 228 Å². The first-order valence-corrected chi connectivity index (χ1v) is 17.1. The minimum absolute atomic E-state index is 0.169. The molecule has 1 aliphatic carbocycles. The summed E-state index contributed by atoms with van der Waals surface area (Å²) in [5.74, 6) is 0.205. The van der Waals surface area contributed by atoms with Crippen LogP contribution in [0.3, 0.4) is 0 Å². The zero-order chi connectivity index (χ0) is 33.9. The fourth-order valence-electron chi connectivity index (χ4n) is 7.19. The van der Waals surface area contributed by atoms with Crippen LogP contribution in [0.2, 0.25) is 0 Å². The molecule has 1 saturated carbocycles. The Kier molecular flexibility index (Phi) is 16.5. The van der Waals surface area contributed by atoms with E-state index in [1.807, 2.05) is 0 Å². The Morgan fingerprint density at radius 1 is 0.739 bits per heavy atom. The van der Waals surface area contributed by atoms with Gasteiger partial charge in [-0.05, 0) is 37.0 Å². The molecule has 0 bridgehead atoms. The molecule has 3 fully saturated rings. The van der Waals surface area contributed by atoms with Crippen LogP contribution in [0.5, 0.6) is 0 Å². The third kappa shape index (κ3) is 10.3. The molecule has 5 unspecified atom stereocenters. The molecule has 11 atom stereocenters. The van der Waals surface area contributed by atoms with Crippen LogP contribution in [0.25, 0.3) is 0 Å². The lowest BCUT2D eigenvalue weighted by Gasteiger charge is -2.43. The Bertz CT molecular complexity index is 825. The van der Waals surface area contributed by atoms with Crippen molar-refractivity contribution in [3.8, 4) is 0 Å².